The highest BCUT2D eigenvalue weighted by Crippen LogP contribution is 2.46. The molecule has 0 atom stereocenters. The van der Waals surface area contributed by atoms with Gasteiger partial charge in [-0.25, -0.2) is 14.2 Å². The van der Waals surface area contributed by atoms with Crippen LogP contribution in [0.5, 0.6) is 0 Å². The zero-order valence-corrected chi connectivity index (χ0v) is 14.4. The number of hydrogen-bond acceptors (Lipinski definition) is 4. The molecule has 0 aliphatic heterocycles. The van der Waals surface area contributed by atoms with Gasteiger partial charge in [-0.2, -0.15) is 4.98 Å². The molecule has 0 saturated heterocycles. The molecule has 0 amide bonds. The lowest BCUT2D eigenvalue weighted by Crippen LogP contribution is -2.58. The highest BCUT2D eigenvalue weighted by molar-refractivity contribution is 7.98. The van der Waals surface area contributed by atoms with Gasteiger partial charge in [0, 0.05) is 7.05 Å². The average Bonchev–Trinajstić information content (AvgIpc) is 2.43. The van der Waals surface area contributed by atoms with Crippen LogP contribution < -0.4 is 11.4 Å². The number of nitrogens with zero attached hydrogens (tertiary/aromatic N) is 3. The van der Waals surface area contributed by atoms with E-state index in [1.165, 1.54) is 27.3 Å². The quantitative estimate of drug-likeness (QED) is 0.787. The molecule has 0 N–H and O–H groups in total. The summed E-state index contributed by atoms with van der Waals surface area (Å²) in [7, 11) is 1.69. The molecule has 1 aromatic rings. The molecule has 1 aromatic heterocycles. The van der Waals surface area contributed by atoms with E-state index in [4.69, 9.17) is 0 Å². The van der Waals surface area contributed by atoms with Crippen LogP contribution in [0.15, 0.2) is 14.7 Å². The van der Waals surface area contributed by atoms with Gasteiger partial charge >= 0.3 is 11.4 Å². The van der Waals surface area contributed by atoms with Gasteiger partial charge in [0.05, 0.1) is 5.54 Å². The normalized spacial score (nSPS) is 18.7. The molecule has 21 heavy (non-hydrogen) atoms. The van der Waals surface area contributed by atoms with Crippen LogP contribution in [0.1, 0.15) is 52.9 Å². The molecule has 0 spiro atoms. The van der Waals surface area contributed by atoms with Crippen molar-refractivity contribution in [2.75, 3.05) is 6.26 Å². The fourth-order valence-corrected chi connectivity index (χ4v) is 4.04. The molecule has 0 unspecified atom stereocenters. The summed E-state index contributed by atoms with van der Waals surface area (Å²) in [6, 6.07) is 0. The van der Waals surface area contributed by atoms with E-state index in [1.54, 1.807) is 7.05 Å². The number of aromatic nitrogens is 3. The average molecular weight is 311 g/mol. The number of rotatable bonds is 2. The Morgan fingerprint density at radius 3 is 2.19 bits per heavy atom. The first-order valence-corrected chi connectivity index (χ1v) is 8.71. The maximum absolute atomic E-state index is 12.8. The van der Waals surface area contributed by atoms with Crippen molar-refractivity contribution in [3.8, 4) is 0 Å². The van der Waals surface area contributed by atoms with E-state index < -0.39 is 11.2 Å². The van der Waals surface area contributed by atoms with Gasteiger partial charge in [0.15, 0.2) is 5.16 Å². The third-order valence-corrected chi connectivity index (χ3v) is 5.57. The first-order chi connectivity index (χ1) is 9.74. The van der Waals surface area contributed by atoms with E-state index in [1.807, 2.05) is 6.26 Å². The molecule has 1 heterocycles. The topological polar surface area (TPSA) is 56.9 Å². The molecule has 0 bridgehead atoms. The standard InChI is InChI=1S/C15H25N3O2S/c1-14(2,3)15(9-7-6-8-10-15)18-11(19)16-12(21-5)17(4)13(18)20/h6-10H2,1-5H3. The molecule has 1 aliphatic rings. The van der Waals surface area contributed by atoms with E-state index in [0.717, 1.165) is 25.7 Å². The van der Waals surface area contributed by atoms with Crippen LogP contribution >= 0.6 is 11.8 Å². The minimum atomic E-state index is -0.429. The highest BCUT2D eigenvalue weighted by Gasteiger charge is 2.46. The maximum Gasteiger partial charge on any atom is 0.354 e. The van der Waals surface area contributed by atoms with Crippen LogP contribution in [0.4, 0.5) is 0 Å². The second kappa shape index (κ2) is 5.63. The third-order valence-electron chi connectivity index (χ3n) is 4.84. The maximum atomic E-state index is 12.8. The molecule has 6 heteroatoms. The van der Waals surface area contributed by atoms with Crippen LogP contribution in [0, 0.1) is 5.41 Å². The third kappa shape index (κ3) is 2.58. The molecule has 1 fully saturated rings. The minimum absolute atomic E-state index is 0.161. The smallest absolute Gasteiger partial charge is 0.275 e. The van der Waals surface area contributed by atoms with Crippen LogP contribution in [-0.4, -0.2) is 20.4 Å². The van der Waals surface area contributed by atoms with Gasteiger partial charge in [0.25, 0.3) is 0 Å². The zero-order chi connectivity index (χ0) is 15.8. The van der Waals surface area contributed by atoms with Crippen LogP contribution in [0.25, 0.3) is 0 Å². The Labute approximate surface area is 129 Å². The van der Waals surface area contributed by atoms with Gasteiger partial charge < -0.3 is 0 Å². The molecule has 1 saturated carbocycles. The summed E-state index contributed by atoms with van der Waals surface area (Å²) in [5, 5.41) is 0.473. The number of thioether (sulfide) groups is 1. The van der Waals surface area contributed by atoms with Gasteiger partial charge in [-0.15, -0.1) is 0 Å². The summed E-state index contributed by atoms with van der Waals surface area (Å²) in [6.45, 7) is 6.35. The predicted octanol–water partition coefficient (Wildman–Crippen LogP) is 2.37. The first-order valence-electron chi connectivity index (χ1n) is 7.49. The summed E-state index contributed by atoms with van der Waals surface area (Å²) in [6.07, 6.45) is 6.83. The van der Waals surface area contributed by atoms with E-state index in [9.17, 15) is 9.59 Å². The van der Waals surface area contributed by atoms with Crippen molar-refractivity contribution in [2.24, 2.45) is 12.5 Å². The van der Waals surface area contributed by atoms with Gasteiger partial charge in [-0.05, 0) is 24.5 Å². The van der Waals surface area contributed by atoms with Gasteiger partial charge in [-0.1, -0.05) is 51.8 Å². The predicted molar refractivity (Wildman–Crippen MR) is 86.0 cm³/mol. The zero-order valence-electron chi connectivity index (χ0n) is 13.6. The second-order valence-electron chi connectivity index (χ2n) is 6.90. The van der Waals surface area contributed by atoms with Crippen molar-refractivity contribution in [3.63, 3.8) is 0 Å². The largest absolute Gasteiger partial charge is 0.354 e. The molecular formula is C15H25N3O2S. The van der Waals surface area contributed by atoms with E-state index in [0.29, 0.717) is 5.16 Å². The molecular weight excluding hydrogens is 286 g/mol. The minimum Gasteiger partial charge on any atom is -0.275 e. The Balaban J connectivity index is 2.76. The monoisotopic (exact) mass is 311 g/mol. The van der Waals surface area contributed by atoms with Crippen LogP contribution in [0.2, 0.25) is 0 Å². The summed E-state index contributed by atoms with van der Waals surface area (Å²) < 4.78 is 2.93. The lowest BCUT2D eigenvalue weighted by atomic mass is 9.65. The second-order valence-corrected chi connectivity index (χ2v) is 7.67. The first kappa shape index (κ1) is 16.3. The summed E-state index contributed by atoms with van der Waals surface area (Å²) >= 11 is 1.32. The van der Waals surface area contributed by atoms with E-state index >= 15 is 0 Å². The van der Waals surface area contributed by atoms with Crippen LogP contribution in [-0.2, 0) is 12.6 Å². The molecule has 1 aliphatic carbocycles. The van der Waals surface area contributed by atoms with Crippen molar-refractivity contribution in [1.29, 1.82) is 0 Å². The molecule has 0 radical (unpaired) electrons. The Kier molecular flexibility index (Phi) is 4.38. The fraction of sp³-hybridized carbons (Fsp3) is 0.800. The van der Waals surface area contributed by atoms with Crippen molar-refractivity contribution < 1.29 is 0 Å². The Morgan fingerprint density at radius 2 is 1.71 bits per heavy atom. The van der Waals surface area contributed by atoms with Gasteiger partial charge in [-0.3, -0.25) is 4.57 Å². The van der Waals surface area contributed by atoms with Gasteiger partial charge in [0.2, 0.25) is 0 Å². The van der Waals surface area contributed by atoms with E-state index in [2.05, 4.69) is 25.8 Å². The molecule has 118 valence electrons. The van der Waals surface area contributed by atoms with Crippen molar-refractivity contribution >= 4 is 11.8 Å². The van der Waals surface area contributed by atoms with E-state index in [-0.39, 0.29) is 11.1 Å². The Hall–Kier alpha value is -1.04. The summed E-state index contributed by atoms with van der Waals surface area (Å²) in [5.41, 5.74) is -1.23. The SMILES string of the molecule is CSc1nc(=O)n(C2(C(C)(C)C)CCCCC2)c(=O)n1C. The summed E-state index contributed by atoms with van der Waals surface area (Å²) in [5.74, 6) is 0. The Morgan fingerprint density at radius 1 is 1.14 bits per heavy atom. The molecule has 5 nitrogen and oxygen atoms in total. The lowest BCUT2D eigenvalue weighted by Gasteiger charge is -2.48. The number of hydrogen-bond donors (Lipinski definition) is 0. The molecule has 0 aromatic carbocycles. The van der Waals surface area contributed by atoms with Crippen molar-refractivity contribution in [2.45, 2.75) is 63.6 Å². The summed E-state index contributed by atoms with van der Waals surface area (Å²) in [4.78, 5) is 29.5. The lowest BCUT2D eigenvalue weighted by molar-refractivity contribution is 0.0387. The van der Waals surface area contributed by atoms with Gasteiger partial charge in [0.1, 0.15) is 0 Å². The van der Waals surface area contributed by atoms with Crippen molar-refractivity contribution in [1.82, 2.24) is 14.1 Å². The molecule has 2 rings (SSSR count). The highest BCUT2D eigenvalue weighted by atomic mass is 32.2. The Bertz CT molecular complexity index is 634. The fourth-order valence-electron chi connectivity index (χ4n) is 3.51. The van der Waals surface area contributed by atoms with Crippen LogP contribution in [0.3, 0.4) is 0 Å². The van der Waals surface area contributed by atoms with Crippen molar-refractivity contribution in [3.05, 3.63) is 21.0 Å².